The van der Waals surface area contributed by atoms with Crippen molar-refractivity contribution in [3.63, 3.8) is 0 Å². The van der Waals surface area contributed by atoms with Crippen LogP contribution in [0.1, 0.15) is 37.8 Å². The van der Waals surface area contributed by atoms with Crippen LogP contribution in [0.25, 0.3) is 0 Å². The molecule has 0 saturated carbocycles. The number of hydrogen-bond donors (Lipinski definition) is 2. The molecule has 0 fully saturated rings. The van der Waals surface area contributed by atoms with E-state index in [2.05, 4.69) is 10.5 Å². The van der Waals surface area contributed by atoms with Crippen molar-refractivity contribution in [2.45, 2.75) is 32.2 Å². The number of benzene rings is 1. The summed E-state index contributed by atoms with van der Waals surface area (Å²) in [6, 6.07) is 11.3. The van der Waals surface area contributed by atoms with Gasteiger partial charge in [0.1, 0.15) is 5.71 Å². The van der Waals surface area contributed by atoms with E-state index in [0.717, 1.165) is 5.56 Å². The Morgan fingerprint density at radius 1 is 1.47 bits per heavy atom. The molecule has 0 bridgehead atoms. The molecule has 5 heteroatoms. The Morgan fingerprint density at radius 2 is 2.16 bits per heavy atom. The quantitative estimate of drug-likeness (QED) is 0.356. The summed E-state index contributed by atoms with van der Waals surface area (Å²) in [6.45, 7) is 1.86. The third kappa shape index (κ3) is 4.80. The standard InChI is InChI=1S/C14H17N3O2/c1-11(12-7-3-2-4-8-12)16-14(18)13(17-19)9-5-6-10-15/h2-4,7-8,11,19H,5-6,9H2,1H3,(H,16,18)/b17-13+. The second-order valence-corrected chi connectivity index (χ2v) is 4.16. The Morgan fingerprint density at radius 3 is 2.74 bits per heavy atom. The molecule has 1 atom stereocenters. The Kier molecular flexibility index (Phi) is 6.10. The van der Waals surface area contributed by atoms with Crippen molar-refractivity contribution in [3.05, 3.63) is 35.9 Å². The molecule has 1 rings (SSSR count). The first-order chi connectivity index (χ1) is 9.19. The van der Waals surface area contributed by atoms with E-state index in [-0.39, 0.29) is 18.2 Å². The maximum Gasteiger partial charge on any atom is 0.269 e. The molecule has 0 spiro atoms. The summed E-state index contributed by atoms with van der Waals surface area (Å²) in [5.74, 6) is -0.406. The van der Waals surface area contributed by atoms with Crippen molar-refractivity contribution >= 4 is 11.6 Å². The lowest BCUT2D eigenvalue weighted by atomic mass is 10.1. The first-order valence-electron chi connectivity index (χ1n) is 6.12. The maximum absolute atomic E-state index is 11.9. The van der Waals surface area contributed by atoms with Gasteiger partial charge in [-0.25, -0.2) is 0 Å². The molecule has 0 radical (unpaired) electrons. The van der Waals surface area contributed by atoms with E-state index in [4.69, 9.17) is 10.5 Å². The predicted octanol–water partition coefficient (Wildman–Crippen LogP) is 2.39. The van der Waals surface area contributed by atoms with Crippen molar-refractivity contribution in [3.8, 4) is 6.07 Å². The Bertz CT molecular complexity index is 477. The second kappa shape index (κ2) is 7.88. The fourth-order valence-electron chi connectivity index (χ4n) is 1.65. The molecule has 0 saturated heterocycles. The van der Waals surface area contributed by atoms with E-state index in [0.29, 0.717) is 12.8 Å². The van der Waals surface area contributed by atoms with Crippen molar-refractivity contribution in [2.75, 3.05) is 0 Å². The topological polar surface area (TPSA) is 85.5 Å². The largest absolute Gasteiger partial charge is 0.410 e. The molecule has 1 unspecified atom stereocenters. The summed E-state index contributed by atoms with van der Waals surface area (Å²) in [5.41, 5.74) is 1.03. The van der Waals surface area contributed by atoms with Gasteiger partial charge >= 0.3 is 0 Å². The highest BCUT2D eigenvalue weighted by Gasteiger charge is 2.15. The van der Waals surface area contributed by atoms with Crippen LogP contribution >= 0.6 is 0 Å². The smallest absolute Gasteiger partial charge is 0.269 e. The van der Waals surface area contributed by atoms with Gasteiger partial charge in [-0.05, 0) is 25.3 Å². The molecule has 2 N–H and O–H groups in total. The van der Waals surface area contributed by atoms with Crippen LogP contribution < -0.4 is 5.32 Å². The number of rotatable bonds is 6. The minimum absolute atomic E-state index is 0.0537. The third-order valence-corrected chi connectivity index (χ3v) is 2.73. The summed E-state index contributed by atoms with van der Waals surface area (Å²) >= 11 is 0. The van der Waals surface area contributed by atoms with Crippen molar-refractivity contribution in [1.29, 1.82) is 5.26 Å². The van der Waals surface area contributed by atoms with Crippen LogP contribution in [0.5, 0.6) is 0 Å². The van der Waals surface area contributed by atoms with Gasteiger partial charge in [0.05, 0.1) is 12.1 Å². The maximum atomic E-state index is 11.9. The van der Waals surface area contributed by atoms with Crippen LogP contribution in [-0.4, -0.2) is 16.8 Å². The monoisotopic (exact) mass is 259 g/mol. The Labute approximate surface area is 112 Å². The summed E-state index contributed by atoms with van der Waals surface area (Å²) in [6.07, 6.45) is 1.13. The SMILES string of the molecule is CC(NC(=O)/C(CCCC#N)=N/O)c1ccccc1. The second-order valence-electron chi connectivity index (χ2n) is 4.16. The molecule has 100 valence electrons. The molecular formula is C14H17N3O2. The van der Waals surface area contributed by atoms with Gasteiger partial charge in [-0.15, -0.1) is 0 Å². The number of amides is 1. The number of hydrogen-bond acceptors (Lipinski definition) is 4. The molecule has 0 aliphatic rings. The Hall–Kier alpha value is -2.35. The molecule has 0 aromatic heterocycles. The molecule has 0 heterocycles. The van der Waals surface area contributed by atoms with E-state index in [1.54, 1.807) is 0 Å². The average Bonchev–Trinajstić information content (AvgIpc) is 2.44. The fourth-order valence-corrected chi connectivity index (χ4v) is 1.65. The Balaban J connectivity index is 2.56. The highest BCUT2D eigenvalue weighted by molar-refractivity contribution is 6.38. The van der Waals surface area contributed by atoms with Crippen LogP contribution in [0, 0.1) is 11.3 Å². The highest BCUT2D eigenvalue weighted by atomic mass is 16.4. The zero-order chi connectivity index (χ0) is 14.1. The van der Waals surface area contributed by atoms with E-state index in [9.17, 15) is 4.79 Å². The van der Waals surface area contributed by atoms with Crippen molar-refractivity contribution in [1.82, 2.24) is 5.32 Å². The summed E-state index contributed by atoms with van der Waals surface area (Å²) in [5, 5.41) is 23.0. The van der Waals surface area contributed by atoms with Gasteiger partial charge in [0.15, 0.2) is 0 Å². The molecule has 19 heavy (non-hydrogen) atoms. The molecule has 1 amide bonds. The number of unbranched alkanes of at least 4 members (excludes halogenated alkanes) is 1. The lowest BCUT2D eigenvalue weighted by Crippen LogP contribution is -2.33. The lowest BCUT2D eigenvalue weighted by Gasteiger charge is -2.14. The summed E-state index contributed by atoms with van der Waals surface area (Å²) in [7, 11) is 0. The van der Waals surface area contributed by atoms with Gasteiger partial charge in [-0.1, -0.05) is 35.5 Å². The first-order valence-corrected chi connectivity index (χ1v) is 6.12. The predicted molar refractivity (Wildman–Crippen MR) is 71.7 cm³/mol. The van der Waals surface area contributed by atoms with Crippen LogP contribution in [0.4, 0.5) is 0 Å². The molecule has 0 aliphatic carbocycles. The normalized spacial score (nSPS) is 12.5. The lowest BCUT2D eigenvalue weighted by molar-refractivity contribution is -0.115. The van der Waals surface area contributed by atoms with Crippen LogP contribution in [0.3, 0.4) is 0 Å². The van der Waals surface area contributed by atoms with Gasteiger partial charge in [0.25, 0.3) is 5.91 Å². The van der Waals surface area contributed by atoms with Gasteiger partial charge in [0.2, 0.25) is 0 Å². The molecule has 5 nitrogen and oxygen atoms in total. The van der Waals surface area contributed by atoms with Crippen LogP contribution in [-0.2, 0) is 4.79 Å². The van der Waals surface area contributed by atoms with Gasteiger partial charge in [-0.2, -0.15) is 5.26 Å². The fraction of sp³-hybridized carbons (Fsp3) is 0.357. The minimum atomic E-state index is -0.406. The summed E-state index contributed by atoms with van der Waals surface area (Å²) in [4.78, 5) is 11.9. The third-order valence-electron chi connectivity index (χ3n) is 2.73. The minimum Gasteiger partial charge on any atom is -0.410 e. The number of nitrogens with zero attached hydrogens (tertiary/aromatic N) is 2. The van der Waals surface area contributed by atoms with Crippen molar-refractivity contribution in [2.24, 2.45) is 5.16 Å². The number of carbonyl (C=O) groups is 1. The van der Waals surface area contributed by atoms with E-state index in [1.807, 2.05) is 43.3 Å². The molecular weight excluding hydrogens is 242 g/mol. The van der Waals surface area contributed by atoms with Crippen LogP contribution in [0.2, 0.25) is 0 Å². The number of carbonyl (C=O) groups excluding carboxylic acids is 1. The van der Waals surface area contributed by atoms with Crippen molar-refractivity contribution < 1.29 is 10.0 Å². The first kappa shape index (κ1) is 14.7. The van der Waals surface area contributed by atoms with E-state index in [1.165, 1.54) is 0 Å². The zero-order valence-electron chi connectivity index (χ0n) is 10.8. The molecule has 1 aromatic carbocycles. The van der Waals surface area contributed by atoms with Crippen LogP contribution in [0.15, 0.2) is 35.5 Å². The molecule has 1 aromatic rings. The summed E-state index contributed by atoms with van der Waals surface area (Å²) < 4.78 is 0. The molecule has 0 aliphatic heterocycles. The van der Waals surface area contributed by atoms with E-state index < -0.39 is 5.91 Å². The van der Waals surface area contributed by atoms with Gasteiger partial charge in [-0.3, -0.25) is 4.79 Å². The number of nitrogens with one attached hydrogen (secondary N) is 1. The van der Waals surface area contributed by atoms with Gasteiger partial charge < -0.3 is 10.5 Å². The highest BCUT2D eigenvalue weighted by Crippen LogP contribution is 2.11. The van der Waals surface area contributed by atoms with Gasteiger partial charge in [0, 0.05) is 6.42 Å². The zero-order valence-corrected chi connectivity index (χ0v) is 10.8. The number of nitriles is 1. The number of oxime groups is 1. The average molecular weight is 259 g/mol. The van der Waals surface area contributed by atoms with E-state index >= 15 is 0 Å².